The summed E-state index contributed by atoms with van der Waals surface area (Å²) in [5.41, 5.74) is 6.83. The van der Waals surface area contributed by atoms with Crippen molar-refractivity contribution in [2.75, 3.05) is 5.32 Å². The SMILES string of the molecule is O=C(Cc1ccc(Cl)cc1)Nc1nc2c(nc1CC13CC4CC(CC(C4)C1)C3)-c1ccccc1CC2. The summed E-state index contributed by atoms with van der Waals surface area (Å²) in [5, 5.41) is 3.86. The first-order valence-corrected chi connectivity index (χ1v) is 13.9. The predicted molar refractivity (Wildman–Crippen MR) is 143 cm³/mol. The van der Waals surface area contributed by atoms with Crippen LogP contribution in [0.5, 0.6) is 0 Å². The van der Waals surface area contributed by atoms with E-state index in [1.807, 2.05) is 24.3 Å². The van der Waals surface area contributed by atoms with E-state index in [0.717, 1.165) is 59.7 Å². The van der Waals surface area contributed by atoms with Crippen molar-refractivity contribution in [3.8, 4) is 11.3 Å². The van der Waals surface area contributed by atoms with Crippen molar-refractivity contribution in [3.63, 3.8) is 0 Å². The summed E-state index contributed by atoms with van der Waals surface area (Å²) >= 11 is 6.03. The number of carbonyl (C=O) groups is 1. The van der Waals surface area contributed by atoms with Crippen LogP contribution >= 0.6 is 11.6 Å². The molecule has 1 amide bonds. The molecule has 0 radical (unpaired) electrons. The fraction of sp³-hybridized carbons (Fsp3) is 0.452. The lowest BCUT2D eigenvalue weighted by molar-refractivity contribution is -0.115. The third-order valence-electron chi connectivity index (χ3n) is 9.19. The molecule has 3 aromatic rings. The molecule has 36 heavy (non-hydrogen) atoms. The number of hydrogen-bond donors (Lipinski definition) is 1. The quantitative estimate of drug-likeness (QED) is 0.420. The molecule has 0 saturated heterocycles. The molecule has 0 unspecified atom stereocenters. The summed E-state index contributed by atoms with van der Waals surface area (Å²) in [4.78, 5) is 23.5. The van der Waals surface area contributed by atoms with Crippen LogP contribution in [0.15, 0.2) is 48.5 Å². The average molecular weight is 498 g/mol. The molecule has 5 aliphatic rings. The molecule has 1 heterocycles. The maximum absolute atomic E-state index is 13.1. The number of anilines is 1. The van der Waals surface area contributed by atoms with E-state index in [1.165, 1.54) is 49.7 Å². The topological polar surface area (TPSA) is 54.9 Å². The van der Waals surface area contributed by atoms with Gasteiger partial charge in [0.25, 0.3) is 0 Å². The molecule has 0 spiro atoms. The lowest BCUT2D eigenvalue weighted by Gasteiger charge is -2.57. The second-order valence-electron chi connectivity index (χ2n) is 11.9. The number of fused-ring (bicyclic) bond motifs is 3. The summed E-state index contributed by atoms with van der Waals surface area (Å²) in [7, 11) is 0. The monoisotopic (exact) mass is 497 g/mol. The molecular formula is C31H32ClN3O. The zero-order chi connectivity index (χ0) is 24.3. The largest absolute Gasteiger partial charge is 0.309 e. The second kappa shape index (κ2) is 8.69. The van der Waals surface area contributed by atoms with Gasteiger partial charge in [-0.3, -0.25) is 4.79 Å². The third kappa shape index (κ3) is 4.14. The Morgan fingerprint density at radius 2 is 1.61 bits per heavy atom. The van der Waals surface area contributed by atoms with Crippen LogP contribution in [-0.2, 0) is 30.5 Å². The van der Waals surface area contributed by atoms with Crippen LogP contribution in [0.25, 0.3) is 11.3 Å². The fourth-order valence-corrected chi connectivity index (χ4v) is 8.29. The summed E-state index contributed by atoms with van der Waals surface area (Å²) in [6, 6.07) is 16.1. The van der Waals surface area contributed by atoms with Gasteiger partial charge in [-0.1, -0.05) is 48.0 Å². The van der Waals surface area contributed by atoms with Gasteiger partial charge < -0.3 is 5.32 Å². The van der Waals surface area contributed by atoms with Crippen LogP contribution in [0.2, 0.25) is 5.02 Å². The van der Waals surface area contributed by atoms with E-state index in [-0.39, 0.29) is 5.91 Å². The molecule has 5 aliphatic carbocycles. The number of nitrogens with one attached hydrogen (secondary N) is 1. The van der Waals surface area contributed by atoms with Gasteiger partial charge in [-0.2, -0.15) is 0 Å². The average Bonchev–Trinajstić information content (AvgIpc) is 2.85. The number of aryl methyl sites for hydroxylation is 2. The number of halogens is 1. The van der Waals surface area contributed by atoms with Crippen molar-refractivity contribution in [3.05, 3.63) is 76.1 Å². The molecule has 184 valence electrons. The normalized spacial score (nSPS) is 27.4. The minimum absolute atomic E-state index is 0.0467. The summed E-state index contributed by atoms with van der Waals surface area (Å²) in [5.74, 6) is 3.28. The first kappa shape index (κ1) is 22.5. The summed E-state index contributed by atoms with van der Waals surface area (Å²) in [6.07, 6.45) is 11.3. The highest BCUT2D eigenvalue weighted by Crippen LogP contribution is 2.61. The van der Waals surface area contributed by atoms with E-state index in [9.17, 15) is 4.79 Å². The van der Waals surface area contributed by atoms with Crippen molar-refractivity contribution < 1.29 is 4.79 Å². The number of nitrogens with zero attached hydrogens (tertiary/aromatic N) is 2. The van der Waals surface area contributed by atoms with Crippen LogP contribution in [0.3, 0.4) is 0 Å². The molecule has 0 atom stereocenters. The van der Waals surface area contributed by atoms with Gasteiger partial charge in [0.1, 0.15) is 0 Å². The highest BCUT2D eigenvalue weighted by Gasteiger charge is 2.51. The summed E-state index contributed by atoms with van der Waals surface area (Å²) < 4.78 is 0. The third-order valence-corrected chi connectivity index (χ3v) is 9.44. The first-order valence-electron chi connectivity index (χ1n) is 13.5. The number of benzene rings is 2. The maximum Gasteiger partial charge on any atom is 0.229 e. The molecule has 8 rings (SSSR count). The van der Waals surface area contributed by atoms with E-state index in [2.05, 4.69) is 29.6 Å². The van der Waals surface area contributed by atoms with Gasteiger partial charge >= 0.3 is 0 Å². The Morgan fingerprint density at radius 1 is 0.917 bits per heavy atom. The molecule has 4 fully saturated rings. The van der Waals surface area contributed by atoms with Gasteiger partial charge in [0.15, 0.2) is 5.82 Å². The van der Waals surface area contributed by atoms with Gasteiger partial charge in [-0.25, -0.2) is 9.97 Å². The minimum Gasteiger partial charge on any atom is -0.309 e. The number of amides is 1. The number of hydrogen-bond acceptors (Lipinski definition) is 3. The Labute approximate surface area is 217 Å². The predicted octanol–water partition coefficient (Wildman–Crippen LogP) is 6.84. The molecule has 4 saturated carbocycles. The zero-order valence-corrected chi connectivity index (χ0v) is 21.4. The molecule has 0 aliphatic heterocycles. The molecule has 4 nitrogen and oxygen atoms in total. The van der Waals surface area contributed by atoms with E-state index in [4.69, 9.17) is 21.6 Å². The van der Waals surface area contributed by atoms with Gasteiger partial charge in [0.05, 0.1) is 23.5 Å². The summed E-state index contributed by atoms with van der Waals surface area (Å²) in [6.45, 7) is 0. The number of carbonyl (C=O) groups excluding carboxylic acids is 1. The highest BCUT2D eigenvalue weighted by molar-refractivity contribution is 6.30. The molecule has 2 aromatic carbocycles. The van der Waals surface area contributed by atoms with E-state index in [0.29, 0.717) is 22.7 Å². The van der Waals surface area contributed by atoms with Crippen molar-refractivity contribution in [2.24, 2.45) is 23.2 Å². The van der Waals surface area contributed by atoms with E-state index < -0.39 is 0 Å². The molecule has 1 N–H and O–H groups in total. The Morgan fingerprint density at radius 3 is 2.33 bits per heavy atom. The molecule has 1 aromatic heterocycles. The maximum atomic E-state index is 13.1. The standard InChI is InChI=1S/C31H32ClN3O/c32-24-8-5-19(6-9-24)14-28(36)35-30-27(18-31-15-20-11-21(16-31)13-22(12-20)17-31)33-29-25-4-2-1-3-23(25)7-10-26(29)34-30/h1-6,8-9,20-22H,7,10-18H2,(H,34,35,36). The fourth-order valence-electron chi connectivity index (χ4n) is 8.17. The lowest BCUT2D eigenvalue weighted by atomic mass is 9.48. The molecule has 4 bridgehead atoms. The van der Waals surface area contributed by atoms with E-state index >= 15 is 0 Å². The van der Waals surface area contributed by atoms with Crippen molar-refractivity contribution in [1.29, 1.82) is 0 Å². The Kier molecular flexibility index (Phi) is 5.43. The Balaban J connectivity index is 1.24. The first-order chi connectivity index (χ1) is 17.5. The molecular weight excluding hydrogens is 466 g/mol. The number of rotatable bonds is 5. The Hall–Kier alpha value is -2.72. The van der Waals surface area contributed by atoms with Gasteiger partial charge in [0, 0.05) is 10.6 Å². The van der Waals surface area contributed by atoms with Gasteiger partial charge in [0.2, 0.25) is 5.91 Å². The smallest absolute Gasteiger partial charge is 0.229 e. The second-order valence-corrected chi connectivity index (χ2v) is 12.4. The van der Waals surface area contributed by atoms with E-state index in [1.54, 1.807) is 0 Å². The van der Waals surface area contributed by atoms with Crippen LogP contribution in [0.1, 0.15) is 61.0 Å². The van der Waals surface area contributed by atoms with Gasteiger partial charge in [-0.05, 0) is 104 Å². The van der Waals surface area contributed by atoms with Crippen LogP contribution < -0.4 is 5.32 Å². The minimum atomic E-state index is -0.0467. The van der Waals surface area contributed by atoms with Crippen LogP contribution in [0, 0.1) is 23.2 Å². The van der Waals surface area contributed by atoms with Crippen molar-refractivity contribution in [1.82, 2.24) is 9.97 Å². The van der Waals surface area contributed by atoms with Crippen LogP contribution in [-0.4, -0.2) is 15.9 Å². The highest BCUT2D eigenvalue weighted by atomic mass is 35.5. The van der Waals surface area contributed by atoms with Crippen LogP contribution in [0.4, 0.5) is 5.82 Å². The number of aromatic nitrogens is 2. The Bertz CT molecular complexity index is 1300. The zero-order valence-electron chi connectivity index (χ0n) is 20.6. The van der Waals surface area contributed by atoms with Gasteiger partial charge in [-0.15, -0.1) is 0 Å². The lowest BCUT2D eigenvalue weighted by Crippen LogP contribution is -2.47. The molecule has 5 heteroatoms. The van der Waals surface area contributed by atoms with Crippen molar-refractivity contribution in [2.45, 2.75) is 64.2 Å². The van der Waals surface area contributed by atoms with Crippen molar-refractivity contribution >= 4 is 23.3 Å².